The molecular formula is C26H27N5O4. The van der Waals surface area contributed by atoms with E-state index in [0.29, 0.717) is 30.2 Å². The number of pyridine rings is 2. The lowest BCUT2D eigenvalue weighted by Crippen LogP contribution is -2.43. The summed E-state index contributed by atoms with van der Waals surface area (Å²) in [4.78, 5) is 46.6. The van der Waals surface area contributed by atoms with Crippen molar-refractivity contribution in [3.63, 3.8) is 0 Å². The summed E-state index contributed by atoms with van der Waals surface area (Å²) in [6, 6.07) is 10.5. The van der Waals surface area contributed by atoms with Crippen molar-refractivity contribution in [3.8, 4) is 0 Å². The third-order valence-corrected chi connectivity index (χ3v) is 6.00. The Kier molecular flexibility index (Phi) is 6.77. The van der Waals surface area contributed by atoms with Gasteiger partial charge in [-0.2, -0.15) is 0 Å². The number of aryl methyl sites for hydroxylation is 1. The van der Waals surface area contributed by atoms with Gasteiger partial charge in [-0.25, -0.2) is 4.98 Å². The first kappa shape index (κ1) is 23.9. The highest BCUT2D eigenvalue weighted by Gasteiger charge is 2.28. The number of carboxylic acid groups (broad SMARTS) is 1. The number of hydrogen-bond donors (Lipinski definition) is 3. The van der Waals surface area contributed by atoms with Crippen molar-refractivity contribution in [1.29, 1.82) is 0 Å². The predicted molar refractivity (Wildman–Crippen MR) is 138 cm³/mol. The van der Waals surface area contributed by atoms with Gasteiger partial charge < -0.3 is 20.6 Å². The van der Waals surface area contributed by atoms with Crippen LogP contribution < -0.4 is 26.4 Å². The van der Waals surface area contributed by atoms with Gasteiger partial charge in [0.05, 0.1) is 12.5 Å². The van der Waals surface area contributed by atoms with Gasteiger partial charge >= 0.3 is 5.97 Å². The molecule has 9 heteroatoms. The summed E-state index contributed by atoms with van der Waals surface area (Å²) in [6.07, 6.45) is 3.24. The summed E-state index contributed by atoms with van der Waals surface area (Å²) in [6.45, 7) is 6.85. The highest BCUT2D eigenvalue weighted by molar-refractivity contribution is 5.92. The van der Waals surface area contributed by atoms with E-state index in [1.165, 1.54) is 0 Å². The highest BCUT2D eigenvalue weighted by atomic mass is 16.4. The maximum atomic E-state index is 12.3. The van der Waals surface area contributed by atoms with E-state index in [9.17, 15) is 19.5 Å². The number of anilines is 4. The van der Waals surface area contributed by atoms with Crippen molar-refractivity contribution in [2.24, 2.45) is 0 Å². The first-order valence-electron chi connectivity index (χ1n) is 11.5. The summed E-state index contributed by atoms with van der Waals surface area (Å²) >= 11 is 0. The molecule has 0 bridgehead atoms. The van der Waals surface area contributed by atoms with Gasteiger partial charge in [0.2, 0.25) is 0 Å². The first-order valence-corrected chi connectivity index (χ1v) is 11.5. The van der Waals surface area contributed by atoms with Gasteiger partial charge in [0.25, 0.3) is 10.9 Å². The molecule has 4 aromatic rings. The molecule has 0 unspecified atom stereocenters. The second kappa shape index (κ2) is 9.92. The number of aromatic nitrogens is 2. The van der Waals surface area contributed by atoms with E-state index in [4.69, 9.17) is 0 Å². The fourth-order valence-electron chi connectivity index (χ4n) is 4.21. The van der Waals surface area contributed by atoms with Gasteiger partial charge in [-0.1, -0.05) is 12.1 Å². The SMILES string of the molecule is CCN(CC)c1c(N[C@@H](CC(=O)O)c2ccc(Nc3nc(C)cc4ccncc34)cc2)c(=O)c1=O. The van der Waals surface area contributed by atoms with Crippen molar-refractivity contribution in [2.75, 3.05) is 28.6 Å². The van der Waals surface area contributed by atoms with Gasteiger partial charge in [-0.15, -0.1) is 0 Å². The Morgan fingerprint density at radius 1 is 1.09 bits per heavy atom. The Labute approximate surface area is 202 Å². The lowest BCUT2D eigenvalue weighted by Gasteiger charge is -2.27. The zero-order valence-corrected chi connectivity index (χ0v) is 19.8. The van der Waals surface area contributed by atoms with E-state index < -0.39 is 22.9 Å². The third-order valence-electron chi connectivity index (χ3n) is 6.00. The average molecular weight is 474 g/mol. The molecule has 0 amide bonds. The molecule has 0 saturated carbocycles. The van der Waals surface area contributed by atoms with Crippen LogP contribution in [0.25, 0.3) is 10.8 Å². The fraction of sp³-hybridized carbons (Fsp3) is 0.269. The standard InChI is InChI=1S/C26H27N5O4/c1-4-31(5-2)23-22(24(34)25(23)35)30-20(13-21(32)33)16-6-8-18(9-7-16)29-26-19-14-27-11-10-17(19)12-15(3)28-26/h6-12,14,20,30H,4-5,13H2,1-3H3,(H,28,29)(H,32,33)/t20-/m0/s1. The second-order valence-corrected chi connectivity index (χ2v) is 8.30. The molecule has 4 rings (SSSR count). The van der Waals surface area contributed by atoms with E-state index in [-0.39, 0.29) is 12.1 Å². The lowest BCUT2D eigenvalue weighted by atomic mass is 10.0. The summed E-state index contributed by atoms with van der Waals surface area (Å²) in [5.41, 5.74) is 1.65. The highest BCUT2D eigenvalue weighted by Crippen LogP contribution is 2.29. The largest absolute Gasteiger partial charge is 0.481 e. The maximum absolute atomic E-state index is 12.3. The summed E-state index contributed by atoms with van der Waals surface area (Å²) in [5, 5.41) is 17.7. The molecule has 0 aliphatic rings. The van der Waals surface area contributed by atoms with Crippen molar-refractivity contribution in [1.82, 2.24) is 9.97 Å². The third kappa shape index (κ3) is 4.84. The number of nitrogens with one attached hydrogen (secondary N) is 2. The van der Waals surface area contributed by atoms with Gasteiger partial charge in [-0.3, -0.25) is 19.4 Å². The quantitative estimate of drug-likeness (QED) is 0.295. The molecular weight excluding hydrogens is 446 g/mol. The molecule has 1 atom stereocenters. The van der Waals surface area contributed by atoms with Crippen LogP contribution in [0, 0.1) is 6.92 Å². The Bertz CT molecular complexity index is 1440. The molecule has 0 spiro atoms. The van der Waals surface area contributed by atoms with E-state index >= 15 is 0 Å². The molecule has 0 aliphatic carbocycles. The smallest absolute Gasteiger partial charge is 0.305 e. The van der Waals surface area contributed by atoms with Crippen molar-refractivity contribution < 1.29 is 9.90 Å². The van der Waals surface area contributed by atoms with Crippen molar-refractivity contribution in [3.05, 3.63) is 80.5 Å². The minimum absolute atomic E-state index is 0.176. The summed E-state index contributed by atoms with van der Waals surface area (Å²) in [5.74, 6) is -0.343. The number of hydrogen-bond acceptors (Lipinski definition) is 8. The van der Waals surface area contributed by atoms with Crippen LogP contribution in [0.5, 0.6) is 0 Å². The molecule has 9 nitrogen and oxygen atoms in total. The normalized spacial score (nSPS) is 12.0. The van der Waals surface area contributed by atoms with E-state index in [1.54, 1.807) is 29.4 Å². The number of carbonyl (C=O) groups is 1. The van der Waals surface area contributed by atoms with Crippen LogP contribution in [0.4, 0.5) is 22.9 Å². The number of carboxylic acids is 1. The second-order valence-electron chi connectivity index (χ2n) is 8.30. The molecule has 35 heavy (non-hydrogen) atoms. The van der Waals surface area contributed by atoms with Crippen molar-refractivity contribution in [2.45, 2.75) is 33.2 Å². The van der Waals surface area contributed by atoms with E-state index in [0.717, 1.165) is 22.2 Å². The molecule has 0 saturated heterocycles. The number of aliphatic carboxylic acids is 1. The van der Waals surface area contributed by atoms with Gasteiger partial charge in [-0.05, 0) is 56.0 Å². The predicted octanol–water partition coefficient (Wildman–Crippen LogP) is 3.75. The van der Waals surface area contributed by atoms with Crippen LogP contribution in [-0.4, -0.2) is 34.1 Å². The summed E-state index contributed by atoms with van der Waals surface area (Å²) in [7, 11) is 0. The Balaban J connectivity index is 1.60. The van der Waals surface area contributed by atoms with E-state index in [2.05, 4.69) is 20.6 Å². The zero-order valence-electron chi connectivity index (χ0n) is 19.8. The maximum Gasteiger partial charge on any atom is 0.305 e. The van der Waals surface area contributed by atoms with Crippen molar-refractivity contribution >= 4 is 39.6 Å². The molecule has 0 radical (unpaired) electrons. The molecule has 2 heterocycles. The van der Waals surface area contributed by atoms with Crippen LogP contribution >= 0.6 is 0 Å². The minimum Gasteiger partial charge on any atom is -0.481 e. The lowest BCUT2D eigenvalue weighted by molar-refractivity contribution is -0.137. The molecule has 180 valence electrons. The Hall–Kier alpha value is -4.27. The topological polar surface area (TPSA) is 125 Å². The number of nitrogens with zero attached hydrogens (tertiary/aromatic N) is 3. The molecule has 0 fully saturated rings. The van der Waals surface area contributed by atoms with Crippen LogP contribution in [0.15, 0.2) is 58.4 Å². The number of fused-ring (bicyclic) bond motifs is 1. The summed E-state index contributed by atoms with van der Waals surface area (Å²) < 4.78 is 0. The fourth-order valence-corrected chi connectivity index (χ4v) is 4.21. The van der Waals surface area contributed by atoms with Crippen LogP contribution in [0.1, 0.15) is 37.6 Å². The van der Waals surface area contributed by atoms with Crippen LogP contribution in [-0.2, 0) is 4.79 Å². The molecule has 0 aliphatic heterocycles. The first-order chi connectivity index (χ1) is 16.8. The molecule has 3 N–H and O–H groups in total. The molecule has 2 aromatic carbocycles. The van der Waals surface area contributed by atoms with Crippen LogP contribution in [0.3, 0.4) is 0 Å². The number of benzene rings is 1. The molecule has 2 aromatic heterocycles. The zero-order chi connectivity index (χ0) is 25.1. The van der Waals surface area contributed by atoms with Gasteiger partial charge in [0.15, 0.2) is 0 Å². The number of rotatable bonds is 10. The van der Waals surface area contributed by atoms with E-state index in [1.807, 2.05) is 45.0 Å². The Morgan fingerprint density at radius 2 is 1.80 bits per heavy atom. The van der Waals surface area contributed by atoms with Gasteiger partial charge in [0.1, 0.15) is 17.2 Å². The Morgan fingerprint density at radius 3 is 2.46 bits per heavy atom. The monoisotopic (exact) mass is 473 g/mol. The minimum atomic E-state index is -1.02. The average Bonchev–Trinajstić information content (AvgIpc) is 2.85. The van der Waals surface area contributed by atoms with Gasteiger partial charge in [0, 0.05) is 42.3 Å². The van der Waals surface area contributed by atoms with Crippen LogP contribution in [0.2, 0.25) is 0 Å².